The van der Waals surface area contributed by atoms with Gasteiger partial charge in [-0.2, -0.15) is 0 Å². The minimum Gasteiger partial charge on any atom is -0.466 e. The van der Waals surface area contributed by atoms with Crippen LogP contribution in [0.15, 0.2) is 24.5 Å². The lowest BCUT2D eigenvalue weighted by Gasteiger charge is -2.35. The van der Waals surface area contributed by atoms with Crippen LogP contribution in [0.25, 0.3) is 0 Å². The average Bonchev–Trinajstić information content (AvgIpc) is 2.47. The molecule has 1 amide bonds. The molecule has 1 unspecified atom stereocenters. The number of carbonyl (C=O) groups excluding carboxylic acids is 2. The molecule has 1 saturated heterocycles. The average molecular weight is 294 g/mol. The number of thioether (sulfide) groups is 1. The van der Waals surface area contributed by atoms with E-state index in [0.29, 0.717) is 19.6 Å². The molecule has 2 heterocycles. The van der Waals surface area contributed by atoms with Crippen LogP contribution in [0.1, 0.15) is 30.7 Å². The summed E-state index contributed by atoms with van der Waals surface area (Å²) in [5.74, 6) is 0.622. The van der Waals surface area contributed by atoms with Crippen LogP contribution in [0.2, 0.25) is 0 Å². The minimum absolute atomic E-state index is 0.0561. The molecule has 0 spiro atoms. The molecule has 0 radical (unpaired) electrons. The molecule has 0 saturated carbocycles. The van der Waals surface area contributed by atoms with Gasteiger partial charge in [-0.05, 0) is 13.0 Å². The summed E-state index contributed by atoms with van der Waals surface area (Å²) in [6.45, 7) is 2.54. The van der Waals surface area contributed by atoms with Crippen molar-refractivity contribution < 1.29 is 14.3 Å². The zero-order valence-corrected chi connectivity index (χ0v) is 12.3. The second-order valence-corrected chi connectivity index (χ2v) is 5.59. The van der Waals surface area contributed by atoms with E-state index in [0.717, 1.165) is 11.3 Å². The molecular formula is C14H18N2O3S. The third-order valence-corrected chi connectivity index (χ3v) is 4.31. The Morgan fingerprint density at radius 3 is 3.15 bits per heavy atom. The van der Waals surface area contributed by atoms with Crippen molar-refractivity contribution in [2.24, 2.45) is 0 Å². The van der Waals surface area contributed by atoms with Crippen LogP contribution in [0, 0.1) is 0 Å². The number of carbonyl (C=O) groups is 2. The largest absolute Gasteiger partial charge is 0.466 e. The first-order valence-corrected chi connectivity index (χ1v) is 7.74. The van der Waals surface area contributed by atoms with Crippen LogP contribution in [0.4, 0.5) is 0 Å². The van der Waals surface area contributed by atoms with E-state index in [1.54, 1.807) is 36.0 Å². The lowest BCUT2D eigenvalue weighted by molar-refractivity contribution is -0.144. The molecule has 1 aliphatic heterocycles. The maximum Gasteiger partial charge on any atom is 0.307 e. The Labute approximate surface area is 122 Å². The highest BCUT2D eigenvalue weighted by atomic mass is 32.2. The maximum atomic E-state index is 12.1. The van der Waals surface area contributed by atoms with Crippen molar-refractivity contribution in [3.8, 4) is 0 Å². The molecule has 1 atom stereocenters. The molecule has 1 aromatic heterocycles. The van der Waals surface area contributed by atoms with Crippen molar-refractivity contribution in [2.45, 2.75) is 25.1 Å². The summed E-state index contributed by atoms with van der Waals surface area (Å²) < 4.78 is 4.91. The van der Waals surface area contributed by atoms with Crippen molar-refractivity contribution >= 4 is 23.6 Å². The zero-order chi connectivity index (χ0) is 14.4. The predicted molar refractivity (Wildman–Crippen MR) is 77.0 cm³/mol. The summed E-state index contributed by atoms with van der Waals surface area (Å²) in [4.78, 5) is 29.4. The number of pyridine rings is 1. The number of ether oxygens (including phenoxy) is 1. The molecular weight excluding hydrogens is 276 g/mol. The SMILES string of the molecule is CCOC(=O)CCN1C(=O)CCSC1c1cccnc1. The standard InChI is InChI=1S/C14H18N2O3S/c1-2-19-13(18)5-8-16-12(17)6-9-20-14(16)11-4-3-7-15-10-11/h3-4,7,10,14H,2,5-6,8-9H2,1H3. The summed E-state index contributed by atoms with van der Waals surface area (Å²) >= 11 is 1.71. The molecule has 0 aliphatic carbocycles. The third-order valence-electron chi connectivity index (χ3n) is 3.03. The Hall–Kier alpha value is -1.56. The summed E-state index contributed by atoms with van der Waals surface area (Å²) in [6, 6.07) is 3.82. The molecule has 1 fully saturated rings. The van der Waals surface area contributed by atoms with E-state index in [-0.39, 0.29) is 23.7 Å². The van der Waals surface area contributed by atoms with Gasteiger partial charge in [-0.1, -0.05) is 6.07 Å². The summed E-state index contributed by atoms with van der Waals surface area (Å²) in [6.07, 6.45) is 4.23. The van der Waals surface area contributed by atoms with Gasteiger partial charge in [-0.15, -0.1) is 11.8 Å². The molecule has 1 aliphatic rings. The monoisotopic (exact) mass is 294 g/mol. The van der Waals surface area contributed by atoms with Crippen molar-refractivity contribution in [3.63, 3.8) is 0 Å². The Balaban J connectivity index is 2.05. The molecule has 108 valence electrons. The molecule has 6 heteroatoms. The Bertz CT molecular complexity index is 467. The first kappa shape index (κ1) is 14.8. The number of nitrogens with zero attached hydrogens (tertiary/aromatic N) is 2. The molecule has 5 nitrogen and oxygen atoms in total. The van der Waals surface area contributed by atoms with Gasteiger partial charge in [0.1, 0.15) is 5.37 Å². The Morgan fingerprint density at radius 2 is 2.45 bits per heavy atom. The van der Waals surface area contributed by atoms with Gasteiger partial charge in [0.05, 0.1) is 13.0 Å². The highest BCUT2D eigenvalue weighted by Gasteiger charge is 2.30. The molecule has 1 aromatic rings. The smallest absolute Gasteiger partial charge is 0.307 e. The molecule has 2 rings (SSSR count). The second-order valence-electron chi connectivity index (χ2n) is 4.40. The molecule has 0 aromatic carbocycles. The van der Waals surface area contributed by atoms with Gasteiger partial charge in [0.15, 0.2) is 0 Å². The van der Waals surface area contributed by atoms with Gasteiger partial charge >= 0.3 is 5.97 Å². The van der Waals surface area contributed by atoms with Gasteiger partial charge in [0, 0.05) is 36.7 Å². The number of aromatic nitrogens is 1. The van der Waals surface area contributed by atoms with E-state index in [2.05, 4.69) is 4.98 Å². The topological polar surface area (TPSA) is 59.5 Å². The minimum atomic E-state index is -0.263. The van der Waals surface area contributed by atoms with Gasteiger partial charge in [0.2, 0.25) is 5.91 Å². The van der Waals surface area contributed by atoms with Crippen LogP contribution in [0.5, 0.6) is 0 Å². The predicted octanol–water partition coefficient (Wildman–Crippen LogP) is 2.00. The fraction of sp³-hybridized carbons (Fsp3) is 0.500. The summed E-state index contributed by atoms with van der Waals surface area (Å²) in [5.41, 5.74) is 0.995. The highest BCUT2D eigenvalue weighted by Crippen LogP contribution is 2.36. The number of amides is 1. The van der Waals surface area contributed by atoms with E-state index >= 15 is 0 Å². The summed E-state index contributed by atoms with van der Waals surface area (Å²) in [5, 5.41) is -0.0561. The van der Waals surface area contributed by atoms with Crippen LogP contribution in [-0.4, -0.2) is 40.7 Å². The van der Waals surface area contributed by atoms with E-state index in [1.807, 2.05) is 12.1 Å². The molecule has 20 heavy (non-hydrogen) atoms. The Kier molecular flexibility index (Phi) is 5.40. The van der Waals surface area contributed by atoms with Gasteiger partial charge in [0.25, 0.3) is 0 Å². The zero-order valence-electron chi connectivity index (χ0n) is 11.4. The first-order valence-electron chi connectivity index (χ1n) is 6.69. The van der Waals surface area contributed by atoms with Crippen LogP contribution >= 0.6 is 11.8 Å². The fourth-order valence-corrected chi connectivity index (χ4v) is 3.36. The lowest BCUT2D eigenvalue weighted by atomic mass is 10.2. The summed E-state index contributed by atoms with van der Waals surface area (Å²) in [7, 11) is 0. The highest BCUT2D eigenvalue weighted by molar-refractivity contribution is 7.99. The normalized spacial score (nSPS) is 18.9. The van der Waals surface area contributed by atoms with Crippen LogP contribution < -0.4 is 0 Å². The quantitative estimate of drug-likeness (QED) is 0.777. The van der Waals surface area contributed by atoms with Gasteiger partial charge in [-0.3, -0.25) is 14.6 Å². The van der Waals surface area contributed by atoms with E-state index < -0.39 is 0 Å². The van der Waals surface area contributed by atoms with Crippen molar-refractivity contribution in [2.75, 3.05) is 18.9 Å². The number of rotatable bonds is 5. The van der Waals surface area contributed by atoms with Crippen molar-refractivity contribution in [3.05, 3.63) is 30.1 Å². The molecule has 0 N–H and O–H groups in total. The van der Waals surface area contributed by atoms with Crippen LogP contribution in [-0.2, 0) is 14.3 Å². The van der Waals surface area contributed by atoms with E-state index in [9.17, 15) is 9.59 Å². The van der Waals surface area contributed by atoms with Gasteiger partial charge < -0.3 is 9.64 Å². The third kappa shape index (κ3) is 3.72. The number of hydrogen-bond donors (Lipinski definition) is 0. The van der Waals surface area contributed by atoms with Crippen LogP contribution in [0.3, 0.4) is 0 Å². The fourth-order valence-electron chi connectivity index (χ4n) is 2.11. The van der Waals surface area contributed by atoms with Crippen molar-refractivity contribution in [1.29, 1.82) is 0 Å². The first-order chi connectivity index (χ1) is 9.72. The van der Waals surface area contributed by atoms with Crippen molar-refractivity contribution in [1.82, 2.24) is 9.88 Å². The van der Waals surface area contributed by atoms with E-state index in [1.165, 1.54) is 0 Å². The van der Waals surface area contributed by atoms with E-state index in [4.69, 9.17) is 4.74 Å². The number of hydrogen-bond acceptors (Lipinski definition) is 5. The maximum absolute atomic E-state index is 12.1. The van der Waals surface area contributed by atoms with Gasteiger partial charge in [-0.25, -0.2) is 0 Å². The Morgan fingerprint density at radius 1 is 1.60 bits per heavy atom. The second kappa shape index (κ2) is 7.28. The lowest BCUT2D eigenvalue weighted by Crippen LogP contribution is -2.38. The number of esters is 1. The molecule has 0 bridgehead atoms.